The number of carbonyl (C=O) groups is 1. The number of aryl methyl sites for hydroxylation is 1. The minimum Gasteiger partial charge on any atom is -0.321 e. The lowest BCUT2D eigenvalue weighted by Gasteiger charge is -2.09. The Labute approximate surface area is 119 Å². The Kier molecular flexibility index (Phi) is 4.55. The number of benzene rings is 1. The van der Waals surface area contributed by atoms with Crippen molar-refractivity contribution in [2.75, 3.05) is 5.32 Å². The third-order valence-corrected chi connectivity index (χ3v) is 4.44. The SMILES string of the molecule is CCCc1ccccc1NC(=O)c1sccc1Br. The van der Waals surface area contributed by atoms with E-state index in [4.69, 9.17) is 0 Å². The minimum absolute atomic E-state index is 0.0552. The van der Waals surface area contributed by atoms with Crippen LogP contribution in [0.15, 0.2) is 40.2 Å². The van der Waals surface area contributed by atoms with Gasteiger partial charge in [-0.3, -0.25) is 4.79 Å². The third-order valence-electron chi connectivity index (χ3n) is 2.61. The van der Waals surface area contributed by atoms with E-state index in [1.807, 2.05) is 29.6 Å². The van der Waals surface area contributed by atoms with Crippen molar-refractivity contribution < 1.29 is 4.79 Å². The lowest BCUT2D eigenvalue weighted by atomic mass is 10.1. The number of hydrogen-bond acceptors (Lipinski definition) is 2. The fraction of sp³-hybridized carbons (Fsp3) is 0.214. The van der Waals surface area contributed by atoms with E-state index in [1.165, 1.54) is 16.9 Å². The van der Waals surface area contributed by atoms with Gasteiger partial charge in [0.2, 0.25) is 0 Å². The van der Waals surface area contributed by atoms with E-state index in [0.717, 1.165) is 23.0 Å². The first kappa shape index (κ1) is 13.3. The summed E-state index contributed by atoms with van der Waals surface area (Å²) >= 11 is 4.82. The fourth-order valence-electron chi connectivity index (χ4n) is 1.76. The predicted octanol–water partition coefficient (Wildman–Crippen LogP) is 4.72. The third kappa shape index (κ3) is 3.00. The molecule has 1 aromatic carbocycles. The standard InChI is InChI=1S/C14H14BrNOS/c1-2-5-10-6-3-4-7-12(10)16-14(17)13-11(15)8-9-18-13/h3-4,6-9H,2,5H2,1H3,(H,16,17). The molecule has 94 valence electrons. The van der Waals surface area contributed by atoms with Crippen LogP contribution in [0.5, 0.6) is 0 Å². The largest absolute Gasteiger partial charge is 0.321 e. The molecule has 0 unspecified atom stereocenters. The molecule has 0 atom stereocenters. The maximum absolute atomic E-state index is 12.1. The Balaban J connectivity index is 2.19. The maximum Gasteiger partial charge on any atom is 0.266 e. The van der Waals surface area contributed by atoms with Gasteiger partial charge in [-0.25, -0.2) is 0 Å². The lowest BCUT2D eigenvalue weighted by Crippen LogP contribution is -2.12. The average molecular weight is 324 g/mol. The van der Waals surface area contributed by atoms with Crippen molar-refractivity contribution in [3.63, 3.8) is 0 Å². The molecule has 1 heterocycles. The molecule has 1 amide bonds. The van der Waals surface area contributed by atoms with Gasteiger partial charge in [-0.05, 0) is 45.4 Å². The Morgan fingerprint density at radius 1 is 1.33 bits per heavy atom. The monoisotopic (exact) mass is 323 g/mol. The molecule has 0 bridgehead atoms. The number of rotatable bonds is 4. The number of thiophene rings is 1. The molecule has 4 heteroatoms. The van der Waals surface area contributed by atoms with E-state index in [2.05, 4.69) is 34.2 Å². The molecular formula is C14H14BrNOS. The second-order valence-corrected chi connectivity index (χ2v) is 5.73. The molecule has 2 rings (SSSR count). The zero-order valence-corrected chi connectivity index (χ0v) is 12.5. The normalized spacial score (nSPS) is 10.3. The van der Waals surface area contributed by atoms with Gasteiger partial charge in [-0.1, -0.05) is 31.5 Å². The maximum atomic E-state index is 12.1. The summed E-state index contributed by atoms with van der Waals surface area (Å²) in [7, 11) is 0. The van der Waals surface area contributed by atoms with E-state index < -0.39 is 0 Å². The summed E-state index contributed by atoms with van der Waals surface area (Å²) in [6.45, 7) is 2.13. The van der Waals surface area contributed by atoms with Crippen LogP contribution in [0.4, 0.5) is 5.69 Å². The number of amides is 1. The lowest BCUT2D eigenvalue weighted by molar-refractivity contribution is 0.103. The van der Waals surface area contributed by atoms with E-state index in [1.54, 1.807) is 0 Å². The van der Waals surface area contributed by atoms with Gasteiger partial charge in [0.25, 0.3) is 5.91 Å². The van der Waals surface area contributed by atoms with Gasteiger partial charge < -0.3 is 5.32 Å². The van der Waals surface area contributed by atoms with Crippen molar-refractivity contribution in [3.05, 3.63) is 50.6 Å². The highest BCUT2D eigenvalue weighted by Crippen LogP contribution is 2.25. The van der Waals surface area contributed by atoms with Crippen molar-refractivity contribution in [3.8, 4) is 0 Å². The van der Waals surface area contributed by atoms with Crippen molar-refractivity contribution in [1.29, 1.82) is 0 Å². The van der Waals surface area contributed by atoms with Crippen LogP contribution in [0.2, 0.25) is 0 Å². The first-order chi connectivity index (χ1) is 8.72. The van der Waals surface area contributed by atoms with E-state index in [9.17, 15) is 4.79 Å². The number of anilines is 1. The van der Waals surface area contributed by atoms with Gasteiger partial charge in [0.1, 0.15) is 4.88 Å². The summed E-state index contributed by atoms with van der Waals surface area (Å²) in [4.78, 5) is 12.8. The van der Waals surface area contributed by atoms with Crippen LogP contribution in [0.25, 0.3) is 0 Å². The van der Waals surface area contributed by atoms with Crippen LogP contribution in [-0.2, 0) is 6.42 Å². The molecule has 1 N–H and O–H groups in total. The second kappa shape index (κ2) is 6.16. The zero-order chi connectivity index (χ0) is 13.0. The summed E-state index contributed by atoms with van der Waals surface area (Å²) in [6.07, 6.45) is 2.04. The summed E-state index contributed by atoms with van der Waals surface area (Å²) in [6, 6.07) is 9.84. The van der Waals surface area contributed by atoms with E-state index >= 15 is 0 Å². The average Bonchev–Trinajstić information content (AvgIpc) is 2.78. The Morgan fingerprint density at radius 3 is 2.78 bits per heavy atom. The zero-order valence-electron chi connectivity index (χ0n) is 10.1. The van der Waals surface area contributed by atoms with E-state index in [-0.39, 0.29) is 5.91 Å². The highest BCUT2D eigenvalue weighted by molar-refractivity contribution is 9.10. The van der Waals surface area contributed by atoms with E-state index in [0.29, 0.717) is 4.88 Å². The van der Waals surface area contributed by atoms with Gasteiger partial charge in [0.05, 0.1) is 0 Å². The van der Waals surface area contributed by atoms with Crippen LogP contribution >= 0.6 is 27.3 Å². The summed E-state index contributed by atoms with van der Waals surface area (Å²) < 4.78 is 0.845. The highest BCUT2D eigenvalue weighted by atomic mass is 79.9. The second-order valence-electron chi connectivity index (χ2n) is 3.96. The number of para-hydroxylation sites is 1. The van der Waals surface area contributed by atoms with Gasteiger partial charge in [0, 0.05) is 10.2 Å². The van der Waals surface area contributed by atoms with Crippen molar-refractivity contribution in [2.45, 2.75) is 19.8 Å². The van der Waals surface area contributed by atoms with Crippen molar-refractivity contribution in [2.24, 2.45) is 0 Å². The fourth-order valence-corrected chi connectivity index (χ4v) is 3.21. The Hall–Kier alpha value is -1.13. The van der Waals surface area contributed by atoms with Crippen LogP contribution in [-0.4, -0.2) is 5.91 Å². The first-order valence-corrected chi connectivity index (χ1v) is 7.52. The van der Waals surface area contributed by atoms with Crippen molar-refractivity contribution >= 4 is 38.9 Å². The van der Waals surface area contributed by atoms with Crippen LogP contribution < -0.4 is 5.32 Å². The van der Waals surface area contributed by atoms with Crippen LogP contribution in [0, 0.1) is 0 Å². The smallest absolute Gasteiger partial charge is 0.266 e. The van der Waals surface area contributed by atoms with Gasteiger partial charge >= 0.3 is 0 Å². The molecule has 0 aliphatic rings. The predicted molar refractivity (Wildman–Crippen MR) is 80.4 cm³/mol. The van der Waals surface area contributed by atoms with Crippen LogP contribution in [0.3, 0.4) is 0 Å². The number of hydrogen-bond donors (Lipinski definition) is 1. The molecule has 0 saturated heterocycles. The molecule has 0 fully saturated rings. The first-order valence-electron chi connectivity index (χ1n) is 5.84. The van der Waals surface area contributed by atoms with Crippen LogP contribution in [0.1, 0.15) is 28.6 Å². The molecule has 2 nitrogen and oxygen atoms in total. The highest BCUT2D eigenvalue weighted by Gasteiger charge is 2.12. The molecule has 0 aliphatic heterocycles. The Bertz CT molecular complexity index is 550. The molecule has 18 heavy (non-hydrogen) atoms. The molecular weight excluding hydrogens is 310 g/mol. The summed E-state index contributed by atoms with van der Waals surface area (Å²) in [5.41, 5.74) is 2.09. The van der Waals surface area contributed by atoms with Gasteiger partial charge in [-0.15, -0.1) is 11.3 Å². The minimum atomic E-state index is -0.0552. The quantitative estimate of drug-likeness (QED) is 0.866. The Morgan fingerprint density at radius 2 is 2.11 bits per heavy atom. The van der Waals surface area contributed by atoms with Gasteiger partial charge in [0.15, 0.2) is 0 Å². The molecule has 0 spiro atoms. The molecule has 2 aromatic rings. The number of halogens is 1. The number of nitrogens with one attached hydrogen (secondary N) is 1. The topological polar surface area (TPSA) is 29.1 Å². The molecule has 0 aliphatic carbocycles. The summed E-state index contributed by atoms with van der Waals surface area (Å²) in [5.74, 6) is -0.0552. The molecule has 0 saturated carbocycles. The summed E-state index contributed by atoms with van der Waals surface area (Å²) in [5, 5.41) is 4.88. The number of carbonyl (C=O) groups excluding carboxylic acids is 1. The molecule has 1 aromatic heterocycles. The molecule has 0 radical (unpaired) electrons. The van der Waals surface area contributed by atoms with Crippen molar-refractivity contribution in [1.82, 2.24) is 0 Å². The van der Waals surface area contributed by atoms with Gasteiger partial charge in [-0.2, -0.15) is 0 Å².